The molecule has 1 aliphatic carbocycles. The van der Waals surface area contributed by atoms with Gasteiger partial charge >= 0.3 is 0 Å². The van der Waals surface area contributed by atoms with E-state index in [1.807, 2.05) is 6.92 Å². The average molecular weight is 400 g/mol. The first-order chi connectivity index (χ1) is 13.5. The lowest BCUT2D eigenvalue weighted by molar-refractivity contribution is 0.392. The third-order valence-electron chi connectivity index (χ3n) is 5.80. The molecule has 0 bridgehead atoms. The molecule has 1 N–H and O–H groups in total. The Morgan fingerprint density at radius 2 is 1.79 bits per heavy atom. The van der Waals surface area contributed by atoms with Crippen LogP contribution in [0.25, 0.3) is 0 Å². The summed E-state index contributed by atoms with van der Waals surface area (Å²) in [6.07, 6.45) is 4.56. The molecule has 2 aromatic carbocycles. The van der Waals surface area contributed by atoms with Crippen LogP contribution < -0.4 is 5.32 Å². The maximum atomic E-state index is 12.1. The number of rotatable bonds is 9. The standard InChI is InChI=1S/C24H33NO2S/c1-3-15-28(26,27)16-14-20-10-11-21-12-13-24(25-4-2)23(22(21)17-20)18-19-8-6-5-7-9-19/h5-11,17,23-25H,3-4,12-16,18H2,1-2H3. The van der Waals surface area contributed by atoms with Crippen molar-refractivity contribution in [2.75, 3.05) is 18.1 Å². The van der Waals surface area contributed by atoms with Gasteiger partial charge in [-0.05, 0) is 60.9 Å². The van der Waals surface area contributed by atoms with Crippen LogP contribution in [0.4, 0.5) is 0 Å². The summed E-state index contributed by atoms with van der Waals surface area (Å²) in [6, 6.07) is 17.8. The van der Waals surface area contributed by atoms with Gasteiger partial charge in [0.25, 0.3) is 0 Å². The van der Waals surface area contributed by atoms with Crippen LogP contribution >= 0.6 is 0 Å². The number of nitrogens with one attached hydrogen (secondary N) is 1. The molecule has 0 saturated carbocycles. The second-order valence-electron chi connectivity index (χ2n) is 7.93. The molecule has 3 rings (SSSR count). The molecule has 152 valence electrons. The van der Waals surface area contributed by atoms with E-state index in [-0.39, 0.29) is 11.5 Å². The van der Waals surface area contributed by atoms with Crippen LogP contribution in [0.2, 0.25) is 0 Å². The SMILES string of the molecule is CCCS(=O)(=O)CCc1ccc2c(c1)C(Cc1ccccc1)C(NCC)CC2. The fourth-order valence-electron chi connectivity index (χ4n) is 4.41. The Balaban J connectivity index is 1.85. The summed E-state index contributed by atoms with van der Waals surface area (Å²) in [4.78, 5) is 0. The fourth-order valence-corrected chi connectivity index (χ4v) is 5.79. The first-order valence-electron chi connectivity index (χ1n) is 10.6. The third-order valence-corrected chi connectivity index (χ3v) is 7.66. The Kier molecular flexibility index (Phi) is 7.30. The van der Waals surface area contributed by atoms with E-state index in [0.717, 1.165) is 31.4 Å². The largest absolute Gasteiger partial charge is 0.314 e. The number of fused-ring (bicyclic) bond motifs is 1. The molecule has 0 heterocycles. The van der Waals surface area contributed by atoms with Gasteiger partial charge in [0.15, 0.2) is 9.84 Å². The average Bonchev–Trinajstić information content (AvgIpc) is 2.69. The first-order valence-corrected chi connectivity index (χ1v) is 12.4. The Morgan fingerprint density at radius 3 is 2.50 bits per heavy atom. The highest BCUT2D eigenvalue weighted by molar-refractivity contribution is 7.91. The summed E-state index contributed by atoms with van der Waals surface area (Å²) in [5, 5.41) is 3.69. The first kappa shape index (κ1) is 21.1. The summed E-state index contributed by atoms with van der Waals surface area (Å²) in [6.45, 7) is 5.07. The molecule has 3 nitrogen and oxygen atoms in total. The van der Waals surface area contributed by atoms with Crippen molar-refractivity contribution in [2.45, 2.75) is 57.9 Å². The molecule has 4 heteroatoms. The van der Waals surface area contributed by atoms with Gasteiger partial charge in [-0.25, -0.2) is 8.42 Å². The Labute approximate surface area is 170 Å². The van der Waals surface area contributed by atoms with Gasteiger partial charge in [-0.15, -0.1) is 0 Å². The van der Waals surface area contributed by atoms with Crippen LogP contribution in [0.5, 0.6) is 0 Å². The van der Waals surface area contributed by atoms with E-state index >= 15 is 0 Å². The van der Waals surface area contributed by atoms with E-state index in [0.29, 0.717) is 24.8 Å². The highest BCUT2D eigenvalue weighted by Gasteiger charge is 2.29. The molecule has 1 aliphatic rings. The second-order valence-corrected chi connectivity index (χ2v) is 10.2. The Bertz CT molecular complexity index is 861. The van der Waals surface area contributed by atoms with E-state index in [1.165, 1.54) is 16.7 Å². The molecule has 2 unspecified atom stereocenters. The van der Waals surface area contributed by atoms with Gasteiger partial charge in [0.05, 0.1) is 5.75 Å². The zero-order chi connectivity index (χ0) is 20.0. The highest BCUT2D eigenvalue weighted by Crippen LogP contribution is 2.35. The highest BCUT2D eigenvalue weighted by atomic mass is 32.2. The smallest absolute Gasteiger partial charge is 0.150 e. The molecular weight excluding hydrogens is 366 g/mol. The van der Waals surface area contributed by atoms with Crippen LogP contribution in [0.3, 0.4) is 0 Å². The molecule has 0 radical (unpaired) electrons. The van der Waals surface area contributed by atoms with Gasteiger partial charge in [0.2, 0.25) is 0 Å². The van der Waals surface area contributed by atoms with Gasteiger partial charge < -0.3 is 5.32 Å². The van der Waals surface area contributed by atoms with Gasteiger partial charge in [-0.1, -0.05) is 62.4 Å². The maximum absolute atomic E-state index is 12.1. The normalized spacial score (nSPS) is 19.4. The lowest BCUT2D eigenvalue weighted by Crippen LogP contribution is -2.39. The van der Waals surface area contributed by atoms with E-state index < -0.39 is 9.84 Å². The van der Waals surface area contributed by atoms with E-state index in [2.05, 4.69) is 60.8 Å². The van der Waals surface area contributed by atoms with Gasteiger partial charge in [-0.3, -0.25) is 0 Å². The van der Waals surface area contributed by atoms with Crippen molar-refractivity contribution in [3.8, 4) is 0 Å². The monoisotopic (exact) mass is 399 g/mol. The van der Waals surface area contributed by atoms with Crippen molar-refractivity contribution < 1.29 is 8.42 Å². The third kappa shape index (κ3) is 5.45. The number of aryl methyl sites for hydroxylation is 2. The maximum Gasteiger partial charge on any atom is 0.150 e. The Hall–Kier alpha value is -1.65. The summed E-state index contributed by atoms with van der Waals surface area (Å²) < 4.78 is 24.3. The number of likely N-dealkylation sites (N-methyl/N-ethyl adjacent to an activating group) is 1. The van der Waals surface area contributed by atoms with Crippen LogP contribution in [-0.2, 0) is 29.1 Å². The van der Waals surface area contributed by atoms with Crippen molar-refractivity contribution in [3.63, 3.8) is 0 Å². The van der Waals surface area contributed by atoms with Crippen LogP contribution in [-0.4, -0.2) is 32.5 Å². The summed E-state index contributed by atoms with van der Waals surface area (Å²) in [5.41, 5.74) is 5.34. The van der Waals surface area contributed by atoms with E-state index in [1.54, 1.807) is 0 Å². The fraction of sp³-hybridized carbons (Fsp3) is 0.500. The molecule has 0 aliphatic heterocycles. The quantitative estimate of drug-likeness (QED) is 0.684. The number of hydrogen-bond donors (Lipinski definition) is 1. The van der Waals surface area contributed by atoms with Crippen molar-refractivity contribution >= 4 is 9.84 Å². The molecular formula is C24H33NO2S. The van der Waals surface area contributed by atoms with Crippen molar-refractivity contribution in [2.24, 2.45) is 0 Å². The lowest BCUT2D eigenvalue weighted by atomic mass is 9.75. The molecule has 28 heavy (non-hydrogen) atoms. The second kappa shape index (κ2) is 9.71. The predicted octanol–water partition coefficient (Wildman–Crippen LogP) is 4.30. The summed E-state index contributed by atoms with van der Waals surface area (Å²) >= 11 is 0. The summed E-state index contributed by atoms with van der Waals surface area (Å²) in [7, 11) is -2.94. The Morgan fingerprint density at radius 1 is 1.00 bits per heavy atom. The van der Waals surface area contributed by atoms with Gasteiger partial charge in [-0.2, -0.15) is 0 Å². The van der Waals surface area contributed by atoms with Crippen LogP contribution in [0.15, 0.2) is 48.5 Å². The van der Waals surface area contributed by atoms with Crippen LogP contribution in [0, 0.1) is 0 Å². The molecule has 2 atom stereocenters. The number of sulfone groups is 1. The predicted molar refractivity (Wildman–Crippen MR) is 118 cm³/mol. The zero-order valence-corrected chi connectivity index (χ0v) is 18.0. The number of hydrogen-bond acceptors (Lipinski definition) is 3. The van der Waals surface area contributed by atoms with Crippen molar-refractivity contribution in [1.82, 2.24) is 5.32 Å². The van der Waals surface area contributed by atoms with Crippen LogP contribution in [0.1, 0.15) is 54.9 Å². The molecule has 0 fully saturated rings. The minimum atomic E-state index is -2.94. The van der Waals surface area contributed by atoms with E-state index in [9.17, 15) is 8.42 Å². The van der Waals surface area contributed by atoms with Gasteiger partial charge in [0, 0.05) is 17.7 Å². The number of benzene rings is 2. The minimum absolute atomic E-state index is 0.250. The summed E-state index contributed by atoms with van der Waals surface area (Å²) in [5.74, 6) is 0.967. The lowest BCUT2D eigenvalue weighted by Gasteiger charge is -2.35. The van der Waals surface area contributed by atoms with Crippen molar-refractivity contribution in [1.29, 1.82) is 0 Å². The molecule has 0 amide bonds. The van der Waals surface area contributed by atoms with Crippen molar-refractivity contribution in [3.05, 3.63) is 70.8 Å². The van der Waals surface area contributed by atoms with Gasteiger partial charge in [0.1, 0.15) is 0 Å². The molecule has 0 spiro atoms. The topological polar surface area (TPSA) is 46.2 Å². The zero-order valence-electron chi connectivity index (χ0n) is 17.2. The molecule has 0 saturated heterocycles. The molecule has 0 aromatic heterocycles. The molecule has 2 aromatic rings. The minimum Gasteiger partial charge on any atom is -0.314 e. The van der Waals surface area contributed by atoms with E-state index in [4.69, 9.17) is 0 Å².